The SMILES string of the molecule is Cc1cc(Br)cc2c(N=O)c(O)n(CCOc3ccc4ccccc4c3)c12. The minimum Gasteiger partial charge on any atom is -0.493 e. The highest BCUT2D eigenvalue weighted by molar-refractivity contribution is 9.10. The third kappa shape index (κ3) is 3.17. The Morgan fingerprint density at radius 3 is 2.67 bits per heavy atom. The monoisotopic (exact) mass is 424 g/mol. The first-order valence-corrected chi connectivity index (χ1v) is 9.34. The first-order valence-electron chi connectivity index (χ1n) is 8.55. The lowest BCUT2D eigenvalue weighted by Gasteiger charge is -2.11. The summed E-state index contributed by atoms with van der Waals surface area (Å²) in [6, 6.07) is 17.8. The molecular formula is C21H17BrN2O3. The van der Waals surface area contributed by atoms with E-state index in [2.05, 4.69) is 27.2 Å². The number of ether oxygens (including phenoxy) is 1. The van der Waals surface area contributed by atoms with E-state index in [0.717, 1.165) is 32.1 Å². The van der Waals surface area contributed by atoms with Crippen LogP contribution in [-0.4, -0.2) is 16.3 Å². The van der Waals surface area contributed by atoms with Crippen molar-refractivity contribution in [2.45, 2.75) is 13.5 Å². The molecule has 0 bridgehead atoms. The van der Waals surface area contributed by atoms with Gasteiger partial charge in [0.05, 0.1) is 12.1 Å². The maximum absolute atomic E-state index is 11.2. The first-order chi connectivity index (χ1) is 13.1. The predicted octanol–water partition coefficient (Wildman–Crippen LogP) is 6.05. The van der Waals surface area contributed by atoms with Crippen molar-refractivity contribution in [3.05, 3.63) is 69.5 Å². The van der Waals surface area contributed by atoms with Crippen molar-refractivity contribution < 1.29 is 9.84 Å². The minimum absolute atomic E-state index is 0.0557. The van der Waals surface area contributed by atoms with Gasteiger partial charge in [0, 0.05) is 9.86 Å². The smallest absolute Gasteiger partial charge is 0.222 e. The minimum atomic E-state index is -0.136. The molecule has 0 aliphatic heterocycles. The lowest BCUT2D eigenvalue weighted by atomic mass is 10.1. The molecule has 4 aromatic rings. The molecule has 0 atom stereocenters. The third-order valence-electron chi connectivity index (χ3n) is 4.65. The van der Waals surface area contributed by atoms with Gasteiger partial charge in [-0.15, -0.1) is 4.91 Å². The van der Waals surface area contributed by atoms with Crippen molar-refractivity contribution >= 4 is 43.3 Å². The first kappa shape index (κ1) is 17.5. The van der Waals surface area contributed by atoms with Crippen LogP contribution in [0.3, 0.4) is 0 Å². The number of aromatic nitrogens is 1. The van der Waals surface area contributed by atoms with Crippen LogP contribution >= 0.6 is 15.9 Å². The molecular weight excluding hydrogens is 408 g/mol. The quantitative estimate of drug-likeness (QED) is 0.396. The number of aromatic hydroxyl groups is 1. The average Bonchev–Trinajstić information content (AvgIpc) is 2.92. The van der Waals surface area contributed by atoms with Gasteiger partial charge in [0.2, 0.25) is 5.88 Å². The van der Waals surface area contributed by atoms with Gasteiger partial charge in [-0.2, -0.15) is 0 Å². The van der Waals surface area contributed by atoms with Gasteiger partial charge in [-0.05, 0) is 52.7 Å². The summed E-state index contributed by atoms with van der Waals surface area (Å²) in [7, 11) is 0. The number of aryl methyl sites for hydroxylation is 1. The molecule has 0 amide bonds. The summed E-state index contributed by atoms with van der Waals surface area (Å²) in [5, 5.41) is 16.4. The van der Waals surface area contributed by atoms with Gasteiger partial charge in [0.15, 0.2) is 5.69 Å². The maximum atomic E-state index is 11.2. The van der Waals surface area contributed by atoms with Gasteiger partial charge >= 0.3 is 0 Å². The van der Waals surface area contributed by atoms with Gasteiger partial charge in [-0.3, -0.25) is 0 Å². The number of halogens is 1. The number of benzene rings is 3. The largest absolute Gasteiger partial charge is 0.493 e. The molecule has 27 heavy (non-hydrogen) atoms. The number of hydrogen-bond acceptors (Lipinski definition) is 4. The van der Waals surface area contributed by atoms with Crippen molar-refractivity contribution in [3.63, 3.8) is 0 Å². The molecule has 3 aromatic carbocycles. The molecule has 1 heterocycles. The molecule has 1 aromatic heterocycles. The maximum Gasteiger partial charge on any atom is 0.222 e. The second kappa shape index (κ2) is 7.04. The molecule has 0 fully saturated rings. The second-order valence-electron chi connectivity index (χ2n) is 6.39. The lowest BCUT2D eigenvalue weighted by Crippen LogP contribution is -2.08. The van der Waals surface area contributed by atoms with Crippen LogP contribution in [0.1, 0.15) is 5.56 Å². The molecule has 4 rings (SSSR count). The molecule has 0 saturated carbocycles. The number of hydrogen-bond donors (Lipinski definition) is 1. The highest BCUT2D eigenvalue weighted by Gasteiger charge is 2.19. The summed E-state index contributed by atoms with van der Waals surface area (Å²) in [6.07, 6.45) is 0. The summed E-state index contributed by atoms with van der Waals surface area (Å²) >= 11 is 3.42. The van der Waals surface area contributed by atoms with Gasteiger partial charge < -0.3 is 14.4 Å². The molecule has 0 aliphatic carbocycles. The standard InChI is InChI=1S/C21H17BrN2O3/c1-13-10-16(22)12-18-19(23-26)21(25)24(20(13)18)8-9-27-17-7-6-14-4-2-3-5-15(14)11-17/h2-7,10-12,25H,8-9H2,1H3. The fraction of sp³-hybridized carbons (Fsp3) is 0.143. The van der Waals surface area contributed by atoms with Crippen LogP contribution in [0, 0.1) is 11.8 Å². The molecule has 0 radical (unpaired) electrons. The Balaban J connectivity index is 1.61. The van der Waals surface area contributed by atoms with E-state index in [1.165, 1.54) is 0 Å². The highest BCUT2D eigenvalue weighted by atomic mass is 79.9. The molecule has 1 N–H and O–H groups in total. The zero-order valence-corrected chi connectivity index (χ0v) is 16.2. The topological polar surface area (TPSA) is 63.8 Å². The fourth-order valence-corrected chi connectivity index (χ4v) is 4.02. The second-order valence-corrected chi connectivity index (χ2v) is 7.31. The van der Waals surface area contributed by atoms with Crippen LogP contribution in [0.2, 0.25) is 0 Å². The summed E-state index contributed by atoms with van der Waals surface area (Å²) in [6.45, 7) is 2.68. The Morgan fingerprint density at radius 1 is 1.11 bits per heavy atom. The van der Waals surface area contributed by atoms with E-state index < -0.39 is 0 Å². The molecule has 0 spiro atoms. The molecule has 0 aliphatic rings. The van der Waals surface area contributed by atoms with Crippen LogP contribution in [0.4, 0.5) is 5.69 Å². The molecule has 5 nitrogen and oxygen atoms in total. The average molecular weight is 425 g/mol. The Morgan fingerprint density at radius 2 is 1.89 bits per heavy atom. The Bertz CT molecular complexity index is 1170. The van der Waals surface area contributed by atoms with Crippen LogP contribution < -0.4 is 4.74 Å². The summed E-state index contributed by atoms with van der Waals surface area (Å²) in [5.74, 6) is 0.626. The van der Waals surface area contributed by atoms with E-state index in [-0.39, 0.29) is 11.6 Å². The van der Waals surface area contributed by atoms with Gasteiger partial charge in [-0.25, -0.2) is 0 Å². The normalized spacial score (nSPS) is 11.2. The third-order valence-corrected chi connectivity index (χ3v) is 5.11. The zero-order chi connectivity index (χ0) is 19.0. The Kier molecular flexibility index (Phi) is 4.58. The van der Waals surface area contributed by atoms with Gasteiger partial charge in [-0.1, -0.05) is 46.3 Å². The van der Waals surface area contributed by atoms with Gasteiger partial charge in [0.25, 0.3) is 0 Å². The molecule has 136 valence electrons. The number of rotatable bonds is 5. The Labute approximate surface area is 164 Å². The molecule has 0 unspecified atom stereocenters. The van der Waals surface area contributed by atoms with Crippen molar-refractivity contribution in [1.82, 2.24) is 4.57 Å². The van der Waals surface area contributed by atoms with E-state index in [1.54, 1.807) is 10.6 Å². The summed E-state index contributed by atoms with van der Waals surface area (Å²) in [4.78, 5) is 11.2. The molecule has 6 heteroatoms. The van der Waals surface area contributed by atoms with E-state index in [1.807, 2.05) is 49.4 Å². The number of nitroso groups, excluding NO2 is 1. The van der Waals surface area contributed by atoms with Crippen molar-refractivity contribution in [2.75, 3.05) is 6.61 Å². The van der Waals surface area contributed by atoms with E-state index >= 15 is 0 Å². The summed E-state index contributed by atoms with van der Waals surface area (Å²) < 4.78 is 8.39. The van der Waals surface area contributed by atoms with Crippen LogP contribution in [0.15, 0.2) is 64.2 Å². The van der Waals surface area contributed by atoms with Crippen LogP contribution in [0.5, 0.6) is 11.6 Å². The number of nitrogens with zero attached hydrogens (tertiary/aromatic N) is 2. The highest BCUT2D eigenvalue weighted by Crippen LogP contribution is 2.41. The van der Waals surface area contributed by atoms with E-state index in [4.69, 9.17) is 4.74 Å². The van der Waals surface area contributed by atoms with Crippen LogP contribution in [0.25, 0.3) is 21.7 Å². The van der Waals surface area contributed by atoms with Crippen molar-refractivity contribution in [2.24, 2.45) is 5.18 Å². The predicted molar refractivity (Wildman–Crippen MR) is 111 cm³/mol. The summed E-state index contributed by atoms with van der Waals surface area (Å²) in [5.41, 5.74) is 1.78. The van der Waals surface area contributed by atoms with Gasteiger partial charge in [0.1, 0.15) is 12.4 Å². The van der Waals surface area contributed by atoms with E-state index in [0.29, 0.717) is 18.5 Å². The van der Waals surface area contributed by atoms with Crippen molar-refractivity contribution in [1.29, 1.82) is 0 Å². The Hall–Kier alpha value is -2.86. The lowest BCUT2D eigenvalue weighted by molar-refractivity contribution is 0.291. The molecule has 0 saturated heterocycles. The van der Waals surface area contributed by atoms with E-state index in [9.17, 15) is 10.0 Å². The van der Waals surface area contributed by atoms with Crippen molar-refractivity contribution in [3.8, 4) is 11.6 Å². The van der Waals surface area contributed by atoms with Crippen LogP contribution in [-0.2, 0) is 6.54 Å². The number of fused-ring (bicyclic) bond motifs is 2. The fourth-order valence-electron chi connectivity index (χ4n) is 3.45. The zero-order valence-electron chi connectivity index (χ0n) is 14.6.